The van der Waals surface area contributed by atoms with Crippen molar-refractivity contribution < 1.29 is 10.2 Å². The third-order valence-corrected chi connectivity index (χ3v) is 7.05. The molecule has 0 radical (unpaired) electrons. The molecule has 0 fully saturated rings. The summed E-state index contributed by atoms with van der Waals surface area (Å²) in [4.78, 5) is 27.3. The molecule has 0 atom stereocenters. The van der Waals surface area contributed by atoms with Gasteiger partial charge in [0.05, 0.1) is 17.0 Å². The molecule has 0 amide bonds. The summed E-state index contributed by atoms with van der Waals surface area (Å²) in [5.41, 5.74) is -0.707. The molecule has 0 aliphatic carbocycles. The van der Waals surface area contributed by atoms with Crippen LogP contribution >= 0.6 is 36.0 Å². The van der Waals surface area contributed by atoms with Gasteiger partial charge in [0.25, 0.3) is 11.1 Å². The first-order valence-electron chi connectivity index (χ1n) is 11.0. The first-order valence-corrected chi connectivity index (χ1v) is 12.2. The third-order valence-electron chi connectivity index (χ3n) is 5.91. The van der Waals surface area contributed by atoms with Gasteiger partial charge >= 0.3 is 0 Å². The van der Waals surface area contributed by atoms with Crippen LogP contribution in [0.1, 0.15) is 50.3 Å². The van der Waals surface area contributed by atoms with Crippen molar-refractivity contribution in [1.29, 1.82) is 0 Å². The molecule has 0 spiro atoms. The van der Waals surface area contributed by atoms with E-state index < -0.39 is 17.0 Å². The van der Waals surface area contributed by atoms with Gasteiger partial charge in [0.15, 0.2) is 9.54 Å². The first-order chi connectivity index (χ1) is 16.1. The minimum Gasteiger partial charge on any atom is -0.494 e. The number of aromatic nitrogens is 4. The number of rotatable bonds is 7. The molecule has 0 bridgehead atoms. The van der Waals surface area contributed by atoms with Crippen LogP contribution < -0.4 is 11.1 Å². The molecule has 0 saturated carbocycles. The van der Waals surface area contributed by atoms with Crippen LogP contribution in [0.3, 0.4) is 0 Å². The van der Waals surface area contributed by atoms with Crippen LogP contribution in [0.15, 0.2) is 33.9 Å². The summed E-state index contributed by atoms with van der Waals surface area (Å²) >= 11 is 16.9. The average Bonchev–Trinajstić information content (AvgIpc) is 2.80. The molecule has 0 aliphatic rings. The van der Waals surface area contributed by atoms with Crippen molar-refractivity contribution in [1.82, 2.24) is 18.3 Å². The summed E-state index contributed by atoms with van der Waals surface area (Å²) in [5, 5.41) is 23.0. The van der Waals surface area contributed by atoms with E-state index in [1.165, 1.54) is 18.3 Å². The Bertz CT molecular complexity index is 1380. The zero-order valence-electron chi connectivity index (χ0n) is 19.4. The summed E-state index contributed by atoms with van der Waals surface area (Å²) in [6.45, 7) is 8.27. The number of aromatic hydroxyl groups is 2. The fraction of sp³-hybridized carbons (Fsp3) is 0.391. The van der Waals surface area contributed by atoms with Crippen LogP contribution in [0.4, 0.5) is 0 Å². The summed E-state index contributed by atoms with van der Waals surface area (Å²) in [6.07, 6.45) is 0. The monoisotopic (exact) mass is 522 g/mol. The maximum Gasteiger partial charge on any atom is 0.262 e. The van der Waals surface area contributed by atoms with Gasteiger partial charge < -0.3 is 10.2 Å². The molecule has 2 heterocycles. The van der Waals surface area contributed by atoms with E-state index in [0.717, 1.165) is 0 Å². The number of hydrogen-bond donors (Lipinski definition) is 2. The summed E-state index contributed by atoms with van der Waals surface area (Å²) in [7, 11) is 0. The van der Waals surface area contributed by atoms with Crippen molar-refractivity contribution in [2.45, 2.75) is 59.8 Å². The molecule has 0 saturated heterocycles. The van der Waals surface area contributed by atoms with Crippen molar-refractivity contribution in [3.8, 4) is 11.8 Å². The highest BCUT2D eigenvalue weighted by Crippen LogP contribution is 2.37. The van der Waals surface area contributed by atoms with E-state index in [2.05, 4.69) is 0 Å². The van der Waals surface area contributed by atoms with Gasteiger partial charge in [-0.1, -0.05) is 23.7 Å². The predicted molar refractivity (Wildman–Crippen MR) is 137 cm³/mol. The van der Waals surface area contributed by atoms with Crippen LogP contribution in [0.2, 0.25) is 5.02 Å². The average molecular weight is 523 g/mol. The molecule has 0 unspecified atom stereocenters. The van der Waals surface area contributed by atoms with Crippen LogP contribution in [-0.2, 0) is 26.2 Å². The van der Waals surface area contributed by atoms with E-state index >= 15 is 0 Å². The topological polar surface area (TPSA) is 94.3 Å². The van der Waals surface area contributed by atoms with Crippen molar-refractivity contribution in [2.24, 2.45) is 0 Å². The van der Waals surface area contributed by atoms with E-state index in [1.54, 1.807) is 52.0 Å². The molecule has 2 aromatic heterocycles. The lowest BCUT2D eigenvalue weighted by Crippen LogP contribution is -2.34. The molecule has 11 heteroatoms. The second-order valence-corrected chi connectivity index (χ2v) is 8.78. The highest BCUT2D eigenvalue weighted by Gasteiger charge is 2.33. The van der Waals surface area contributed by atoms with Gasteiger partial charge in [-0.3, -0.25) is 27.9 Å². The Kier molecular flexibility index (Phi) is 7.84. The van der Waals surface area contributed by atoms with Gasteiger partial charge in [-0.2, -0.15) is 0 Å². The molecular weight excluding hydrogens is 496 g/mol. The number of benzene rings is 1. The summed E-state index contributed by atoms with van der Waals surface area (Å²) in [5.74, 6) is -1.81. The van der Waals surface area contributed by atoms with Gasteiger partial charge in [-0.25, -0.2) is 0 Å². The number of halogens is 1. The molecular formula is C23H27ClN4O4S2. The standard InChI is InChI=1S/C23H27ClN4O4S2/c1-5-25-18(29)16(19(30)26(6-2)22(25)33)15(13-9-11-14(24)12-10-13)17-20(31)27(7-3)23(34)28(8-4)21(17)32/h9-12,15,29,31H,5-8H2,1-4H3. The van der Waals surface area contributed by atoms with Gasteiger partial charge in [-0.05, 0) is 69.8 Å². The second-order valence-electron chi connectivity index (χ2n) is 7.61. The van der Waals surface area contributed by atoms with E-state index in [9.17, 15) is 19.8 Å². The molecule has 8 nitrogen and oxygen atoms in total. The maximum absolute atomic E-state index is 13.6. The minimum atomic E-state index is -1.10. The third kappa shape index (κ3) is 4.14. The zero-order valence-corrected chi connectivity index (χ0v) is 21.8. The smallest absolute Gasteiger partial charge is 0.262 e. The Balaban J connectivity index is 2.61. The number of hydrogen-bond acceptors (Lipinski definition) is 6. The normalized spacial score (nSPS) is 11.4. The summed E-state index contributed by atoms with van der Waals surface area (Å²) in [6, 6.07) is 6.57. The van der Waals surface area contributed by atoms with E-state index in [0.29, 0.717) is 23.7 Å². The highest BCUT2D eigenvalue weighted by atomic mass is 35.5. The Hall–Kier alpha value is -2.69. The van der Waals surface area contributed by atoms with Crippen molar-refractivity contribution >= 4 is 36.0 Å². The van der Waals surface area contributed by atoms with E-state index in [4.69, 9.17) is 36.0 Å². The van der Waals surface area contributed by atoms with Gasteiger partial charge in [0.1, 0.15) is 0 Å². The fourth-order valence-corrected chi connectivity index (χ4v) is 5.17. The second kappa shape index (κ2) is 10.3. The molecule has 34 heavy (non-hydrogen) atoms. The van der Waals surface area contributed by atoms with Gasteiger partial charge in [0, 0.05) is 31.2 Å². The molecule has 182 valence electrons. The SMILES string of the molecule is CCn1c(O)c(C(c2ccc(Cl)cc2)c2c(O)n(CC)c(=S)n(CC)c2=O)c(=O)n(CC)c1=S. The Morgan fingerprint density at radius 2 is 1.09 bits per heavy atom. The lowest BCUT2D eigenvalue weighted by Gasteiger charge is -2.25. The Morgan fingerprint density at radius 3 is 1.41 bits per heavy atom. The van der Waals surface area contributed by atoms with Crippen molar-refractivity contribution in [3.05, 3.63) is 76.2 Å². The Labute approximate surface area is 211 Å². The quantitative estimate of drug-likeness (QED) is 0.447. The van der Waals surface area contributed by atoms with Gasteiger partial charge in [0.2, 0.25) is 11.8 Å². The predicted octanol–water partition coefficient (Wildman–Crippen LogP) is 4.40. The minimum absolute atomic E-state index is 0.0607. The van der Waals surface area contributed by atoms with Crippen LogP contribution in [0.25, 0.3) is 0 Å². The van der Waals surface area contributed by atoms with Gasteiger partial charge in [-0.15, -0.1) is 0 Å². The first kappa shape index (κ1) is 25.9. The van der Waals surface area contributed by atoms with E-state index in [1.807, 2.05) is 0 Å². The summed E-state index contributed by atoms with van der Waals surface area (Å²) < 4.78 is 5.94. The molecule has 3 aromatic rings. The highest BCUT2D eigenvalue weighted by molar-refractivity contribution is 7.71. The molecule has 0 aliphatic heterocycles. The van der Waals surface area contributed by atoms with Crippen LogP contribution in [-0.4, -0.2) is 28.5 Å². The zero-order chi connectivity index (χ0) is 25.3. The van der Waals surface area contributed by atoms with Crippen molar-refractivity contribution in [3.63, 3.8) is 0 Å². The lowest BCUT2D eigenvalue weighted by molar-refractivity contribution is 0.380. The van der Waals surface area contributed by atoms with Crippen LogP contribution in [0, 0.1) is 9.54 Å². The van der Waals surface area contributed by atoms with E-state index in [-0.39, 0.29) is 45.5 Å². The Morgan fingerprint density at radius 1 is 0.735 bits per heavy atom. The largest absolute Gasteiger partial charge is 0.494 e. The maximum atomic E-state index is 13.6. The lowest BCUT2D eigenvalue weighted by atomic mass is 9.86. The molecule has 3 rings (SSSR count). The van der Waals surface area contributed by atoms with Crippen LogP contribution in [0.5, 0.6) is 11.8 Å². The number of nitrogens with zero attached hydrogens (tertiary/aromatic N) is 4. The van der Waals surface area contributed by atoms with Crippen molar-refractivity contribution in [2.75, 3.05) is 0 Å². The molecule has 2 N–H and O–H groups in total. The fourth-order valence-electron chi connectivity index (χ4n) is 4.19. The molecule has 1 aromatic carbocycles.